The van der Waals surface area contributed by atoms with Crippen LogP contribution in [0.2, 0.25) is 0 Å². The van der Waals surface area contributed by atoms with E-state index in [1.807, 2.05) is 18.4 Å². The number of anilines is 1. The van der Waals surface area contributed by atoms with Crippen LogP contribution >= 0.6 is 11.8 Å². The molecule has 110 valence electrons. The van der Waals surface area contributed by atoms with Crippen LogP contribution in [0.1, 0.15) is 42.1 Å². The van der Waals surface area contributed by atoms with Crippen LogP contribution in [0.3, 0.4) is 0 Å². The molecule has 0 saturated carbocycles. The van der Waals surface area contributed by atoms with Gasteiger partial charge in [-0.25, -0.2) is 4.98 Å². The van der Waals surface area contributed by atoms with E-state index in [4.69, 9.17) is 0 Å². The minimum absolute atomic E-state index is 0.122. The van der Waals surface area contributed by atoms with Gasteiger partial charge in [-0.2, -0.15) is 0 Å². The molecular weight excluding hydrogens is 280 g/mol. The smallest absolute Gasteiger partial charge is 0.258 e. The lowest BCUT2D eigenvalue weighted by molar-refractivity contribution is 0.102. The normalized spacial score (nSPS) is 12.0. The first-order chi connectivity index (χ1) is 10.2. The van der Waals surface area contributed by atoms with E-state index in [9.17, 15) is 4.79 Å². The summed E-state index contributed by atoms with van der Waals surface area (Å²) >= 11 is 1.47. The van der Waals surface area contributed by atoms with Crippen LogP contribution in [0.5, 0.6) is 0 Å². The highest BCUT2D eigenvalue weighted by Crippen LogP contribution is 2.22. The van der Waals surface area contributed by atoms with Crippen molar-refractivity contribution in [1.82, 2.24) is 4.98 Å². The van der Waals surface area contributed by atoms with Crippen molar-refractivity contribution < 1.29 is 4.79 Å². The Morgan fingerprint density at radius 1 is 1.29 bits per heavy atom. The summed E-state index contributed by atoms with van der Waals surface area (Å²) in [5.41, 5.74) is 2.71. The second-order valence-corrected chi connectivity index (χ2v) is 5.74. The van der Waals surface area contributed by atoms with Crippen molar-refractivity contribution in [3.63, 3.8) is 0 Å². The predicted octanol–water partition coefficient (Wildman–Crippen LogP) is 4.57. The molecule has 2 aromatic rings. The Kier molecular flexibility index (Phi) is 5.39. The van der Waals surface area contributed by atoms with E-state index in [1.54, 1.807) is 18.3 Å². The number of hydrogen-bond donors (Lipinski definition) is 1. The molecule has 1 amide bonds. The topological polar surface area (TPSA) is 42.0 Å². The number of thioether (sulfide) groups is 1. The van der Waals surface area contributed by atoms with Gasteiger partial charge in [0.25, 0.3) is 5.91 Å². The van der Waals surface area contributed by atoms with Crippen LogP contribution in [0.4, 0.5) is 5.69 Å². The molecule has 1 aromatic heterocycles. The number of benzene rings is 1. The number of carbonyl (C=O) groups is 1. The van der Waals surface area contributed by atoms with E-state index < -0.39 is 0 Å². The van der Waals surface area contributed by atoms with Crippen molar-refractivity contribution in [2.75, 3.05) is 11.6 Å². The van der Waals surface area contributed by atoms with Crippen molar-refractivity contribution in [3.8, 4) is 0 Å². The van der Waals surface area contributed by atoms with Gasteiger partial charge >= 0.3 is 0 Å². The summed E-state index contributed by atoms with van der Waals surface area (Å²) in [6.45, 7) is 4.38. The van der Waals surface area contributed by atoms with E-state index in [1.165, 1.54) is 17.3 Å². The summed E-state index contributed by atoms with van der Waals surface area (Å²) in [6.07, 6.45) is 4.72. The molecule has 4 heteroatoms. The summed E-state index contributed by atoms with van der Waals surface area (Å²) in [5, 5.41) is 3.67. The first-order valence-electron chi connectivity index (χ1n) is 7.06. The maximum atomic E-state index is 12.3. The fraction of sp³-hybridized carbons (Fsp3) is 0.294. The van der Waals surface area contributed by atoms with E-state index in [2.05, 4.69) is 36.3 Å². The average Bonchev–Trinajstić information content (AvgIpc) is 2.54. The quantitative estimate of drug-likeness (QED) is 0.822. The van der Waals surface area contributed by atoms with Gasteiger partial charge in [-0.15, -0.1) is 11.8 Å². The number of nitrogens with zero attached hydrogens (tertiary/aromatic N) is 1. The molecule has 3 nitrogen and oxygen atoms in total. The van der Waals surface area contributed by atoms with Crippen molar-refractivity contribution in [2.24, 2.45) is 0 Å². The number of rotatable bonds is 5. The Labute approximate surface area is 130 Å². The fourth-order valence-electron chi connectivity index (χ4n) is 2.06. The molecule has 0 bridgehead atoms. The molecule has 1 unspecified atom stereocenters. The van der Waals surface area contributed by atoms with Crippen LogP contribution in [-0.2, 0) is 0 Å². The lowest BCUT2D eigenvalue weighted by Crippen LogP contribution is -2.13. The maximum absolute atomic E-state index is 12.3. The summed E-state index contributed by atoms with van der Waals surface area (Å²) in [7, 11) is 0. The number of hydrogen-bond acceptors (Lipinski definition) is 3. The Bertz CT molecular complexity index is 610. The van der Waals surface area contributed by atoms with Crippen LogP contribution in [0, 0.1) is 0 Å². The molecule has 0 fully saturated rings. The molecule has 1 heterocycles. The van der Waals surface area contributed by atoms with Gasteiger partial charge in [0.2, 0.25) is 0 Å². The molecule has 0 aliphatic rings. The number of aromatic nitrogens is 1. The second kappa shape index (κ2) is 7.27. The molecule has 0 spiro atoms. The highest BCUT2D eigenvalue weighted by atomic mass is 32.2. The van der Waals surface area contributed by atoms with E-state index in [0.717, 1.165) is 17.1 Å². The van der Waals surface area contributed by atoms with Crippen LogP contribution in [0.15, 0.2) is 47.6 Å². The Hall–Kier alpha value is -1.81. The van der Waals surface area contributed by atoms with Gasteiger partial charge in [-0.05, 0) is 48.4 Å². The third-order valence-electron chi connectivity index (χ3n) is 3.56. The molecule has 0 aliphatic heterocycles. The van der Waals surface area contributed by atoms with E-state index in [0.29, 0.717) is 11.5 Å². The molecule has 0 saturated heterocycles. The van der Waals surface area contributed by atoms with Crippen molar-refractivity contribution in [2.45, 2.75) is 31.2 Å². The molecule has 21 heavy (non-hydrogen) atoms. The number of pyridine rings is 1. The number of nitrogens with one attached hydrogen (secondary N) is 1. The van der Waals surface area contributed by atoms with Crippen LogP contribution < -0.4 is 5.32 Å². The number of carbonyl (C=O) groups excluding carboxylic acids is 1. The first-order valence-corrected chi connectivity index (χ1v) is 8.28. The molecule has 0 aliphatic carbocycles. The van der Waals surface area contributed by atoms with Crippen molar-refractivity contribution in [3.05, 3.63) is 53.7 Å². The van der Waals surface area contributed by atoms with Crippen molar-refractivity contribution >= 4 is 23.4 Å². The summed E-state index contributed by atoms with van der Waals surface area (Å²) in [5.74, 6) is 0.417. The van der Waals surface area contributed by atoms with Crippen molar-refractivity contribution in [1.29, 1.82) is 0 Å². The van der Waals surface area contributed by atoms with Gasteiger partial charge in [0, 0.05) is 11.9 Å². The minimum Gasteiger partial charge on any atom is -0.322 e. The zero-order valence-corrected chi connectivity index (χ0v) is 13.4. The lowest BCUT2D eigenvalue weighted by Gasteiger charge is -2.11. The fourth-order valence-corrected chi connectivity index (χ4v) is 2.60. The Morgan fingerprint density at radius 2 is 2.00 bits per heavy atom. The van der Waals surface area contributed by atoms with Crippen LogP contribution in [0.25, 0.3) is 0 Å². The van der Waals surface area contributed by atoms with Gasteiger partial charge < -0.3 is 5.32 Å². The Morgan fingerprint density at radius 3 is 2.62 bits per heavy atom. The average molecular weight is 300 g/mol. The molecule has 2 rings (SSSR count). The second-order valence-electron chi connectivity index (χ2n) is 4.95. The zero-order valence-electron chi connectivity index (χ0n) is 12.6. The molecule has 1 atom stereocenters. The monoisotopic (exact) mass is 300 g/mol. The zero-order chi connectivity index (χ0) is 15.2. The Balaban J connectivity index is 2.12. The largest absolute Gasteiger partial charge is 0.322 e. The van der Waals surface area contributed by atoms with Gasteiger partial charge in [-0.1, -0.05) is 26.0 Å². The van der Waals surface area contributed by atoms with Gasteiger partial charge in [0.15, 0.2) is 0 Å². The summed E-state index contributed by atoms with van der Waals surface area (Å²) in [4.78, 5) is 16.5. The highest BCUT2D eigenvalue weighted by molar-refractivity contribution is 7.98. The SMILES string of the molecule is CCC(C)c1ccc(NC(=O)c2cccnc2SC)cc1. The van der Waals surface area contributed by atoms with Gasteiger partial charge in [0.05, 0.1) is 5.56 Å². The van der Waals surface area contributed by atoms with Gasteiger partial charge in [-0.3, -0.25) is 4.79 Å². The van der Waals surface area contributed by atoms with Gasteiger partial charge in [0.1, 0.15) is 5.03 Å². The standard InChI is InChI=1S/C17H20N2OS/c1-4-12(2)13-7-9-14(10-8-13)19-16(20)15-6-5-11-18-17(15)21-3/h5-12H,4H2,1-3H3,(H,19,20). The predicted molar refractivity (Wildman–Crippen MR) is 89.1 cm³/mol. The third-order valence-corrected chi connectivity index (χ3v) is 4.27. The summed E-state index contributed by atoms with van der Waals surface area (Å²) in [6, 6.07) is 11.6. The van der Waals surface area contributed by atoms with Crippen LogP contribution in [-0.4, -0.2) is 17.1 Å². The maximum Gasteiger partial charge on any atom is 0.258 e. The minimum atomic E-state index is -0.122. The summed E-state index contributed by atoms with van der Waals surface area (Å²) < 4.78 is 0. The molecule has 1 aromatic carbocycles. The molecule has 0 radical (unpaired) electrons. The van der Waals surface area contributed by atoms with E-state index >= 15 is 0 Å². The first kappa shape index (κ1) is 15.6. The molecule has 1 N–H and O–H groups in total. The third kappa shape index (κ3) is 3.85. The van der Waals surface area contributed by atoms with E-state index in [-0.39, 0.29) is 5.91 Å². The number of amides is 1. The lowest BCUT2D eigenvalue weighted by atomic mass is 9.98. The molecular formula is C17H20N2OS. The highest BCUT2D eigenvalue weighted by Gasteiger charge is 2.12.